The highest BCUT2D eigenvalue weighted by Crippen LogP contribution is 2.45. The third-order valence-electron chi connectivity index (χ3n) is 4.24. The van der Waals surface area contributed by atoms with E-state index >= 15 is 0 Å². The second kappa shape index (κ2) is 4.36. The third-order valence-corrected chi connectivity index (χ3v) is 4.24. The van der Waals surface area contributed by atoms with E-state index in [1.807, 2.05) is 12.1 Å². The maximum absolute atomic E-state index is 10.5. The van der Waals surface area contributed by atoms with Crippen LogP contribution in [0.25, 0.3) is 0 Å². The number of hydrogen-bond donors (Lipinski definition) is 1. The molecular formula is C16H26O. The van der Waals surface area contributed by atoms with Gasteiger partial charge < -0.3 is 5.11 Å². The summed E-state index contributed by atoms with van der Waals surface area (Å²) >= 11 is 0. The summed E-state index contributed by atoms with van der Waals surface area (Å²) in [6.07, 6.45) is 0. The van der Waals surface area contributed by atoms with Gasteiger partial charge in [-0.05, 0) is 22.3 Å². The van der Waals surface area contributed by atoms with Crippen molar-refractivity contribution in [1.29, 1.82) is 0 Å². The predicted octanol–water partition coefficient (Wildman–Crippen LogP) is 4.84. The van der Waals surface area contributed by atoms with E-state index in [1.165, 1.54) is 0 Å². The molecule has 0 saturated carbocycles. The molecule has 0 radical (unpaired) electrons. The van der Waals surface area contributed by atoms with Crippen LogP contribution in [0.5, 0.6) is 5.75 Å². The number of para-hydroxylation sites is 1. The Labute approximate surface area is 106 Å². The first-order valence-corrected chi connectivity index (χ1v) is 6.41. The SMILES string of the molecule is CC(C)c1cccc(C(C)(C)C(C)(C)C)c1O. The fourth-order valence-corrected chi connectivity index (χ4v) is 1.94. The predicted molar refractivity (Wildman–Crippen MR) is 74.7 cm³/mol. The molecule has 1 N–H and O–H groups in total. The molecular weight excluding hydrogens is 208 g/mol. The molecule has 17 heavy (non-hydrogen) atoms. The second-order valence-corrected chi connectivity index (χ2v) is 6.77. The van der Waals surface area contributed by atoms with Gasteiger partial charge in [-0.15, -0.1) is 0 Å². The molecule has 0 saturated heterocycles. The maximum Gasteiger partial charge on any atom is 0.122 e. The zero-order valence-electron chi connectivity index (χ0n) is 12.3. The van der Waals surface area contributed by atoms with Crippen LogP contribution in [0, 0.1) is 5.41 Å². The average Bonchev–Trinajstić information content (AvgIpc) is 2.15. The largest absolute Gasteiger partial charge is 0.507 e. The van der Waals surface area contributed by atoms with Gasteiger partial charge in [0.05, 0.1) is 0 Å². The molecule has 0 heterocycles. The van der Waals surface area contributed by atoms with Crippen molar-refractivity contribution in [1.82, 2.24) is 0 Å². The molecule has 1 rings (SSSR count). The Hall–Kier alpha value is -0.980. The number of aromatic hydroxyl groups is 1. The normalized spacial score (nSPS) is 13.2. The first-order valence-electron chi connectivity index (χ1n) is 6.41. The summed E-state index contributed by atoms with van der Waals surface area (Å²) in [6.45, 7) is 15.3. The lowest BCUT2D eigenvalue weighted by Gasteiger charge is -2.40. The Morgan fingerprint density at radius 1 is 1.00 bits per heavy atom. The number of hydrogen-bond acceptors (Lipinski definition) is 1. The summed E-state index contributed by atoms with van der Waals surface area (Å²) < 4.78 is 0. The topological polar surface area (TPSA) is 20.2 Å². The number of rotatable bonds is 2. The van der Waals surface area contributed by atoms with Crippen LogP contribution in [0.1, 0.15) is 65.5 Å². The lowest BCUT2D eigenvalue weighted by molar-refractivity contribution is 0.219. The van der Waals surface area contributed by atoms with Crippen molar-refractivity contribution in [2.75, 3.05) is 0 Å². The van der Waals surface area contributed by atoms with Crippen molar-refractivity contribution in [3.8, 4) is 5.75 Å². The molecule has 1 aromatic carbocycles. The van der Waals surface area contributed by atoms with Gasteiger partial charge >= 0.3 is 0 Å². The van der Waals surface area contributed by atoms with Crippen molar-refractivity contribution >= 4 is 0 Å². The summed E-state index contributed by atoms with van der Waals surface area (Å²) in [5.74, 6) is 0.827. The fraction of sp³-hybridized carbons (Fsp3) is 0.625. The first-order chi connectivity index (χ1) is 7.59. The van der Waals surface area contributed by atoms with E-state index in [4.69, 9.17) is 0 Å². The minimum absolute atomic E-state index is 0.0536. The van der Waals surface area contributed by atoms with Crippen molar-refractivity contribution < 1.29 is 5.11 Å². The fourth-order valence-electron chi connectivity index (χ4n) is 1.94. The van der Waals surface area contributed by atoms with Crippen molar-refractivity contribution in [3.05, 3.63) is 29.3 Å². The summed E-state index contributed by atoms with van der Waals surface area (Å²) in [4.78, 5) is 0. The lowest BCUT2D eigenvalue weighted by Crippen LogP contribution is -2.34. The van der Waals surface area contributed by atoms with E-state index < -0.39 is 0 Å². The van der Waals surface area contributed by atoms with Gasteiger partial charge in [-0.25, -0.2) is 0 Å². The smallest absolute Gasteiger partial charge is 0.122 e. The van der Waals surface area contributed by atoms with Gasteiger partial charge in [0.1, 0.15) is 5.75 Å². The Morgan fingerprint density at radius 2 is 1.53 bits per heavy atom. The molecule has 0 atom stereocenters. The Kier molecular flexibility index (Phi) is 3.61. The number of phenols is 1. The average molecular weight is 234 g/mol. The van der Waals surface area contributed by atoms with Gasteiger partial charge in [0.15, 0.2) is 0 Å². The van der Waals surface area contributed by atoms with Crippen LogP contribution in [-0.4, -0.2) is 5.11 Å². The standard InChI is InChI=1S/C16H26O/c1-11(2)12-9-8-10-13(14(12)17)16(6,7)15(3,4)5/h8-11,17H,1-7H3. The molecule has 0 spiro atoms. The maximum atomic E-state index is 10.5. The van der Waals surface area contributed by atoms with Crippen LogP contribution < -0.4 is 0 Å². The Bertz CT molecular complexity index is 394. The molecule has 1 nitrogen and oxygen atoms in total. The van der Waals surface area contributed by atoms with E-state index in [-0.39, 0.29) is 10.8 Å². The minimum Gasteiger partial charge on any atom is -0.507 e. The van der Waals surface area contributed by atoms with Crippen molar-refractivity contribution in [2.45, 2.75) is 59.8 Å². The van der Waals surface area contributed by atoms with Crippen molar-refractivity contribution in [3.63, 3.8) is 0 Å². The van der Waals surface area contributed by atoms with E-state index in [0.29, 0.717) is 11.7 Å². The third kappa shape index (κ3) is 2.48. The summed E-state index contributed by atoms with van der Waals surface area (Å²) in [5, 5.41) is 10.5. The first kappa shape index (κ1) is 14.1. The molecule has 0 unspecified atom stereocenters. The van der Waals surface area contributed by atoms with Crippen LogP contribution in [0.2, 0.25) is 0 Å². The highest BCUT2D eigenvalue weighted by Gasteiger charge is 2.36. The molecule has 0 aliphatic heterocycles. The molecule has 0 fully saturated rings. The molecule has 0 aromatic heterocycles. The second-order valence-electron chi connectivity index (χ2n) is 6.77. The zero-order chi connectivity index (χ0) is 13.4. The van der Waals surface area contributed by atoms with Gasteiger partial charge in [0, 0.05) is 5.56 Å². The van der Waals surface area contributed by atoms with E-state index in [2.05, 4.69) is 54.5 Å². The molecule has 1 aromatic rings. The summed E-state index contributed by atoms with van der Waals surface area (Å²) in [7, 11) is 0. The molecule has 0 amide bonds. The molecule has 96 valence electrons. The van der Waals surface area contributed by atoms with Gasteiger partial charge in [-0.2, -0.15) is 0 Å². The van der Waals surface area contributed by atoms with Crippen LogP contribution in [0.4, 0.5) is 0 Å². The molecule has 0 aliphatic rings. The van der Waals surface area contributed by atoms with Crippen LogP contribution in [-0.2, 0) is 5.41 Å². The molecule has 0 bridgehead atoms. The Morgan fingerprint density at radius 3 is 1.94 bits per heavy atom. The van der Waals surface area contributed by atoms with E-state index in [0.717, 1.165) is 11.1 Å². The molecule has 0 aliphatic carbocycles. The van der Waals surface area contributed by atoms with Crippen LogP contribution in [0.3, 0.4) is 0 Å². The minimum atomic E-state index is -0.0536. The van der Waals surface area contributed by atoms with Gasteiger partial charge in [-0.1, -0.05) is 66.7 Å². The van der Waals surface area contributed by atoms with E-state index in [9.17, 15) is 5.11 Å². The van der Waals surface area contributed by atoms with Gasteiger partial charge in [0.25, 0.3) is 0 Å². The lowest BCUT2D eigenvalue weighted by atomic mass is 9.65. The number of benzene rings is 1. The van der Waals surface area contributed by atoms with Crippen molar-refractivity contribution in [2.24, 2.45) is 5.41 Å². The highest BCUT2D eigenvalue weighted by molar-refractivity contribution is 5.46. The summed E-state index contributed by atoms with van der Waals surface area (Å²) in [6, 6.07) is 6.12. The number of phenolic OH excluding ortho intramolecular Hbond substituents is 1. The highest BCUT2D eigenvalue weighted by atomic mass is 16.3. The summed E-state index contributed by atoms with van der Waals surface area (Å²) in [5.41, 5.74) is 2.15. The Balaban J connectivity index is 3.38. The van der Waals surface area contributed by atoms with Gasteiger partial charge in [-0.3, -0.25) is 0 Å². The van der Waals surface area contributed by atoms with Crippen LogP contribution in [0.15, 0.2) is 18.2 Å². The zero-order valence-corrected chi connectivity index (χ0v) is 12.3. The molecule has 1 heteroatoms. The van der Waals surface area contributed by atoms with E-state index in [1.54, 1.807) is 0 Å². The monoisotopic (exact) mass is 234 g/mol. The van der Waals surface area contributed by atoms with Gasteiger partial charge in [0.2, 0.25) is 0 Å². The van der Waals surface area contributed by atoms with Crippen LogP contribution >= 0.6 is 0 Å². The quantitative estimate of drug-likeness (QED) is 0.776.